The van der Waals surface area contributed by atoms with E-state index in [0.717, 1.165) is 6.07 Å². The van der Waals surface area contributed by atoms with E-state index in [9.17, 15) is 13.2 Å². The minimum absolute atomic E-state index is 0.0535. The molecule has 0 aliphatic heterocycles. The Balaban J connectivity index is 1.91. The summed E-state index contributed by atoms with van der Waals surface area (Å²) in [6, 6.07) is 2.63. The van der Waals surface area contributed by atoms with Gasteiger partial charge in [-0.3, -0.25) is 4.68 Å². The van der Waals surface area contributed by atoms with Gasteiger partial charge in [0.15, 0.2) is 5.69 Å². The molecule has 0 aromatic carbocycles. The molecule has 0 saturated heterocycles. The Hall–Kier alpha value is -1.83. The average molecular weight is 306 g/mol. The van der Waals surface area contributed by atoms with Gasteiger partial charge in [-0.25, -0.2) is 9.97 Å². The van der Waals surface area contributed by atoms with Crippen molar-refractivity contribution in [1.82, 2.24) is 19.7 Å². The van der Waals surface area contributed by atoms with Gasteiger partial charge in [0.05, 0.1) is 0 Å². The van der Waals surface area contributed by atoms with Crippen molar-refractivity contribution in [3.05, 3.63) is 35.5 Å². The van der Waals surface area contributed by atoms with Crippen LogP contribution >= 0.6 is 11.6 Å². The summed E-state index contributed by atoms with van der Waals surface area (Å²) in [6.07, 6.45) is -0.390. The van der Waals surface area contributed by atoms with Crippen LogP contribution in [-0.2, 0) is 12.7 Å². The molecular weight excluding hydrogens is 295 g/mol. The van der Waals surface area contributed by atoms with Crippen LogP contribution in [0.3, 0.4) is 0 Å². The van der Waals surface area contributed by atoms with Gasteiger partial charge in [-0.2, -0.15) is 18.3 Å². The number of halogens is 4. The van der Waals surface area contributed by atoms with Crippen molar-refractivity contribution in [3.63, 3.8) is 0 Å². The van der Waals surface area contributed by atoms with Crippen molar-refractivity contribution in [2.24, 2.45) is 0 Å². The van der Waals surface area contributed by atoms with Crippen LogP contribution in [0.4, 0.5) is 19.0 Å². The molecule has 2 rings (SSSR count). The van der Waals surface area contributed by atoms with Gasteiger partial charge < -0.3 is 5.32 Å². The molecule has 5 nitrogen and oxygen atoms in total. The molecule has 0 atom stereocenters. The van der Waals surface area contributed by atoms with Crippen molar-refractivity contribution in [1.29, 1.82) is 0 Å². The Labute approximate surface area is 117 Å². The van der Waals surface area contributed by atoms with Crippen LogP contribution in [0.1, 0.15) is 12.1 Å². The summed E-state index contributed by atoms with van der Waals surface area (Å²) in [7, 11) is 0. The molecule has 0 spiro atoms. The number of hydrogen-bond donors (Lipinski definition) is 1. The van der Waals surface area contributed by atoms with Crippen LogP contribution in [0.5, 0.6) is 0 Å². The van der Waals surface area contributed by atoms with Crippen LogP contribution in [0.15, 0.2) is 24.5 Å². The van der Waals surface area contributed by atoms with Gasteiger partial charge in [-0.05, 0) is 24.1 Å². The molecule has 2 aromatic rings. The maximum absolute atomic E-state index is 12.5. The lowest BCUT2D eigenvalue weighted by Gasteiger charge is -2.09. The Kier molecular flexibility index (Phi) is 4.43. The average Bonchev–Trinajstić information content (AvgIpc) is 2.86. The second-order valence-corrected chi connectivity index (χ2v) is 4.29. The molecule has 0 aliphatic rings. The Bertz CT molecular complexity index is 556. The number of alkyl halides is 3. The van der Waals surface area contributed by atoms with E-state index >= 15 is 0 Å². The SMILES string of the molecule is FC(F)(F)c1cc(NCCCn2cccn2)nc(Cl)n1. The molecule has 0 fully saturated rings. The van der Waals surface area contributed by atoms with Gasteiger partial charge in [0.2, 0.25) is 5.28 Å². The van der Waals surface area contributed by atoms with Gasteiger partial charge in [0, 0.05) is 31.5 Å². The third-order valence-electron chi connectivity index (χ3n) is 2.42. The maximum atomic E-state index is 12.5. The van der Waals surface area contributed by atoms with Crippen LogP contribution in [0, 0.1) is 0 Å². The molecule has 0 radical (unpaired) electrons. The minimum atomic E-state index is -4.54. The quantitative estimate of drug-likeness (QED) is 0.682. The number of hydrogen-bond acceptors (Lipinski definition) is 4. The summed E-state index contributed by atoms with van der Waals surface area (Å²) < 4.78 is 39.3. The predicted molar refractivity (Wildman–Crippen MR) is 67.4 cm³/mol. The number of anilines is 1. The molecule has 108 valence electrons. The number of nitrogens with one attached hydrogen (secondary N) is 1. The summed E-state index contributed by atoms with van der Waals surface area (Å²) in [5.74, 6) is 0.0535. The first kappa shape index (κ1) is 14.6. The molecule has 0 unspecified atom stereocenters. The van der Waals surface area contributed by atoms with E-state index in [4.69, 9.17) is 11.6 Å². The van der Waals surface area contributed by atoms with Gasteiger partial charge >= 0.3 is 6.18 Å². The first-order chi connectivity index (χ1) is 9.45. The van der Waals surface area contributed by atoms with E-state index in [0.29, 0.717) is 19.5 Å². The fourth-order valence-corrected chi connectivity index (χ4v) is 1.73. The number of aromatic nitrogens is 4. The first-order valence-corrected chi connectivity index (χ1v) is 6.16. The minimum Gasteiger partial charge on any atom is -0.370 e. The molecule has 9 heteroatoms. The third kappa shape index (κ3) is 4.09. The third-order valence-corrected chi connectivity index (χ3v) is 2.59. The number of aryl methyl sites for hydroxylation is 1. The Morgan fingerprint density at radius 3 is 2.75 bits per heavy atom. The Morgan fingerprint density at radius 2 is 2.10 bits per heavy atom. The van der Waals surface area contributed by atoms with Gasteiger partial charge in [0.1, 0.15) is 5.82 Å². The second-order valence-electron chi connectivity index (χ2n) is 3.95. The molecule has 0 aliphatic carbocycles. The molecule has 0 amide bonds. The molecule has 0 saturated carbocycles. The number of nitrogens with zero attached hydrogens (tertiary/aromatic N) is 4. The van der Waals surface area contributed by atoms with E-state index in [-0.39, 0.29) is 5.82 Å². The van der Waals surface area contributed by atoms with Crippen molar-refractivity contribution < 1.29 is 13.2 Å². The van der Waals surface area contributed by atoms with E-state index in [2.05, 4.69) is 20.4 Å². The van der Waals surface area contributed by atoms with Crippen LogP contribution in [-0.4, -0.2) is 26.3 Å². The smallest absolute Gasteiger partial charge is 0.370 e. The summed E-state index contributed by atoms with van der Waals surface area (Å²) in [5.41, 5.74) is -1.06. The molecule has 2 aromatic heterocycles. The lowest BCUT2D eigenvalue weighted by molar-refractivity contribution is -0.141. The van der Waals surface area contributed by atoms with E-state index in [1.165, 1.54) is 0 Å². The van der Waals surface area contributed by atoms with Crippen LogP contribution < -0.4 is 5.32 Å². The zero-order chi connectivity index (χ0) is 14.6. The summed E-state index contributed by atoms with van der Waals surface area (Å²) in [5, 5.41) is 6.36. The largest absolute Gasteiger partial charge is 0.433 e. The van der Waals surface area contributed by atoms with Gasteiger partial charge in [-0.15, -0.1) is 0 Å². The van der Waals surface area contributed by atoms with Crippen LogP contribution in [0.25, 0.3) is 0 Å². The highest BCUT2D eigenvalue weighted by Crippen LogP contribution is 2.29. The van der Waals surface area contributed by atoms with Gasteiger partial charge in [0.25, 0.3) is 0 Å². The van der Waals surface area contributed by atoms with E-state index in [1.807, 2.05) is 6.20 Å². The van der Waals surface area contributed by atoms with Crippen molar-refractivity contribution in [2.75, 3.05) is 11.9 Å². The molecule has 0 bridgehead atoms. The highest BCUT2D eigenvalue weighted by atomic mass is 35.5. The Morgan fingerprint density at radius 1 is 1.30 bits per heavy atom. The highest BCUT2D eigenvalue weighted by Gasteiger charge is 2.33. The number of rotatable bonds is 5. The predicted octanol–water partition coefficient (Wildman–Crippen LogP) is 2.85. The second kappa shape index (κ2) is 6.08. The standard InChI is InChI=1S/C11H11ClF3N5/c12-10-18-8(11(13,14)15)7-9(19-10)16-3-1-5-20-6-2-4-17-20/h2,4,6-7H,1,3,5H2,(H,16,18,19). The topological polar surface area (TPSA) is 55.6 Å². The zero-order valence-corrected chi connectivity index (χ0v) is 11.0. The molecule has 1 N–H and O–H groups in total. The van der Waals surface area contributed by atoms with E-state index in [1.54, 1.807) is 16.9 Å². The van der Waals surface area contributed by atoms with Gasteiger partial charge in [-0.1, -0.05) is 0 Å². The normalized spacial score (nSPS) is 11.6. The van der Waals surface area contributed by atoms with Crippen LogP contribution in [0.2, 0.25) is 5.28 Å². The van der Waals surface area contributed by atoms with Crippen molar-refractivity contribution >= 4 is 17.4 Å². The zero-order valence-electron chi connectivity index (χ0n) is 10.2. The lowest BCUT2D eigenvalue weighted by Crippen LogP contribution is -2.12. The summed E-state index contributed by atoms with van der Waals surface area (Å²) in [6.45, 7) is 1.11. The fraction of sp³-hybridized carbons (Fsp3) is 0.364. The summed E-state index contributed by atoms with van der Waals surface area (Å²) >= 11 is 5.47. The van der Waals surface area contributed by atoms with E-state index < -0.39 is 17.2 Å². The first-order valence-electron chi connectivity index (χ1n) is 5.78. The lowest BCUT2D eigenvalue weighted by atomic mass is 10.3. The van der Waals surface area contributed by atoms with Crippen molar-refractivity contribution in [2.45, 2.75) is 19.1 Å². The summed E-state index contributed by atoms with van der Waals surface area (Å²) in [4.78, 5) is 6.85. The monoisotopic (exact) mass is 305 g/mol. The fourth-order valence-electron chi connectivity index (χ4n) is 1.54. The molecular formula is C11H11ClF3N5. The highest BCUT2D eigenvalue weighted by molar-refractivity contribution is 6.28. The molecule has 2 heterocycles. The van der Waals surface area contributed by atoms with Crippen molar-refractivity contribution in [3.8, 4) is 0 Å². The molecule has 20 heavy (non-hydrogen) atoms. The maximum Gasteiger partial charge on any atom is 0.433 e.